The first kappa shape index (κ1) is 14.2. The fourth-order valence-corrected chi connectivity index (χ4v) is 2.31. The summed E-state index contributed by atoms with van der Waals surface area (Å²) in [5, 5.41) is 10.2. The molecule has 0 unspecified atom stereocenters. The Labute approximate surface area is 124 Å². The Morgan fingerprint density at radius 1 is 0.550 bits per heavy atom. The van der Waals surface area contributed by atoms with E-state index in [9.17, 15) is 5.11 Å². The monoisotopic (exact) mass is 282 g/mol. The third kappa shape index (κ3) is 2.68. The zero-order valence-corrected chi connectivity index (χ0v) is 11.7. The molecule has 2 heteroatoms. The molecule has 0 atom stereocenters. The van der Waals surface area contributed by atoms with Crippen LogP contribution in [0.15, 0.2) is 78.9 Å². The highest BCUT2D eigenvalue weighted by molar-refractivity contribution is 5.87. The van der Waals surface area contributed by atoms with Crippen LogP contribution in [0.5, 0.6) is 5.75 Å². The van der Waals surface area contributed by atoms with Crippen molar-refractivity contribution in [2.75, 3.05) is 0 Å². The molecule has 20 heavy (non-hydrogen) atoms. The lowest BCUT2D eigenvalue weighted by Crippen LogP contribution is -1.85. The molecular weight excluding hydrogens is 268 g/mol. The molecule has 0 heterocycles. The minimum atomic E-state index is 0. The molecule has 0 aliphatic carbocycles. The second-order valence-electron chi connectivity index (χ2n) is 4.43. The van der Waals surface area contributed by atoms with Crippen LogP contribution in [0.3, 0.4) is 0 Å². The van der Waals surface area contributed by atoms with E-state index >= 15 is 0 Å². The first-order valence-electron chi connectivity index (χ1n) is 6.29. The van der Waals surface area contributed by atoms with Crippen molar-refractivity contribution in [2.45, 2.75) is 0 Å². The van der Waals surface area contributed by atoms with Gasteiger partial charge in [0.15, 0.2) is 0 Å². The molecule has 0 amide bonds. The number of aromatic hydroxyl groups is 1. The number of halogens is 1. The van der Waals surface area contributed by atoms with E-state index in [2.05, 4.69) is 12.1 Å². The van der Waals surface area contributed by atoms with Gasteiger partial charge in [-0.25, -0.2) is 0 Å². The molecule has 0 aliphatic rings. The van der Waals surface area contributed by atoms with Crippen molar-refractivity contribution in [2.24, 2.45) is 0 Å². The van der Waals surface area contributed by atoms with E-state index in [1.54, 1.807) is 6.07 Å². The summed E-state index contributed by atoms with van der Waals surface area (Å²) in [6.07, 6.45) is 0. The van der Waals surface area contributed by atoms with Gasteiger partial charge in [-0.05, 0) is 22.8 Å². The van der Waals surface area contributed by atoms with Crippen molar-refractivity contribution in [3.8, 4) is 28.0 Å². The predicted molar refractivity (Wildman–Crippen MR) is 86.2 cm³/mol. The first-order valence-corrected chi connectivity index (χ1v) is 6.29. The highest BCUT2D eigenvalue weighted by Gasteiger charge is 2.10. The highest BCUT2D eigenvalue weighted by Crippen LogP contribution is 2.38. The topological polar surface area (TPSA) is 20.2 Å². The van der Waals surface area contributed by atoms with Crippen LogP contribution in [0.25, 0.3) is 22.3 Å². The highest BCUT2D eigenvalue weighted by atomic mass is 35.5. The largest absolute Gasteiger partial charge is 0.507 e. The molecule has 0 radical (unpaired) electrons. The van der Waals surface area contributed by atoms with E-state index in [4.69, 9.17) is 0 Å². The SMILES string of the molecule is Cl.Oc1cccc(-c2ccccc2)c1-c1ccccc1. The van der Waals surface area contributed by atoms with Crippen LogP contribution in [0.1, 0.15) is 0 Å². The maximum Gasteiger partial charge on any atom is 0.124 e. The summed E-state index contributed by atoms with van der Waals surface area (Å²) in [6.45, 7) is 0. The predicted octanol–water partition coefficient (Wildman–Crippen LogP) is 5.15. The van der Waals surface area contributed by atoms with E-state index < -0.39 is 0 Å². The third-order valence-electron chi connectivity index (χ3n) is 3.19. The van der Waals surface area contributed by atoms with Crippen molar-refractivity contribution in [3.05, 3.63) is 78.9 Å². The zero-order valence-electron chi connectivity index (χ0n) is 10.9. The summed E-state index contributed by atoms with van der Waals surface area (Å²) < 4.78 is 0. The van der Waals surface area contributed by atoms with Crippen molar-refractivity contribution in [1.29, 1.82) is 0 Å². The second-order valence-corrected chi connectivity index (χ2v) is 4.43. The Bertz CT molecular complexity index is 678. The molecule has 100 valence electrons. The van der Waals surface area contributed by atoms with Gasteiger partial charge in [-0.3, -0.25) is 0 Å². The fraction of sp³-hybridized carbons (Fsp3) is 0. The second kappa shape index (κ2) is 6.27. The van der Waals surface area contributed by atoms with Crippen LogP contribution >= 0.6 is 12.4 Å². The standard InChI is InChI=1S/C18H14O.ClH/c19-17-13-7-12-16(14-8-3-1-4-9-14)18(17)15-10-5-2-6-11-15;/h1-13,19H;1H. The number of phenols is 1. The first-order chi connectivity index (χ1) is 9.36. The number of hydrogen-bond acceptors (Lipinski definition) is 1. The molecule has 0 bridgehead atoms. The van der Waals surface area contributed by atoms with Crippen LogP contribution in [0, 0.1) is 0 Å². The summed E-state index contributed by atoms with van der Waals surface area (Å²) in [5.41, 5.74) is 4.07. The van der Waals surface area contributed by atoms with Gasteiger partial charge < -0.3 is 5.11 Å². The Morgan fingerprint density at radius 3 is 1.70 bits per heavy atom. The van der Waals surface area contributed by atoms with Crippen molar-refractivity contribution < 1.29 is 5.11 Å². The molecule has 3 aromatic rings. The number of benzene rings is 3. The lowest BCUT2D eigenvalue weighted by atomic mass is 9.94. The number of hydrogen-bond donors (Lipinski definition) is 1. The minimum Gasteiger partial charge on any atom is -0.507 e. The normalized spacial score (nSPS) is 9.80. The van der Waals surface area contributed by atoms with E-state index in [1.807, 2.05) is 60.7 Å². The summed E-state index contributed by atoms with van der Waals surface area (Å²) in [7, 11) is 0. The van der Waals surface area contributed by atoms with Crippen molar-refractivity contribution in [3.63, 3.8) is 0 Å². The van der Waals surface area contributed by atoms with Crippen LogP contribution in [0.2, 0.25) is 0 Å². The maximum atomic E-state index is 10.2. The average Bonchev–Trinajstić information content (AvgIpc) is 2.49. The molecule has 0 saturated carbocycles. The molecule has 0 saturated heterocycles. The van der Waals surface area contributed by atoms with Gasteiger partial charge >= 0.3 is 0 Å². The molecule has 0 aromatic heterocycles. The van der Waals surface area contributed by atoms with Crippen LogP contribution in [0.4, 0.5) is 0 Å². The summed E-state index contributed by atoms with van der Waals surface area (Å²) in [5.74, 6) is 0.313. The lowest BCUT2D eigenvalue weighted by molar-refractivity contribution is 0.477. The third-order valence-corrected chi connectivity index (χ3v) is 3.19. The van der Waals surface area contributed by atoms with Crippen LogP contribution in [-0.2, 0) is 0 Å². The van der Waals surface area contributed by atoms with Gasteiger partial charge in [0, 0.05) is 5.56 Å². The molecular formula is C18H15ClO. The molecule has 1 nitrogen and oxygen atoms in total. The van der Waals surface area contributed by atoms with E-state index in [1.165, 1.54) is 0 Å². The van der Waals surface area contributed by atoms with E-state index in [-0.39, 0.29) is 12.4 Å². The van der Waals surface area contributed by atoms with Gasteiger partial charge in [-0.2, -0.15) is 0 Å². The quantitative estimate of drug-likeness (QED) is 0.689. The van der Waals surface area contributed by atoms with Gasteiger partial charge in [0.1, 0.15) is 5.75 Å². The number of phenolic OH excluding ortho intramolecular Hbond substituents is 1. The average molecular weight is 283 g/mol. The minimum absolute atomic E-state index is 0. The summed E-state index contributed by atoms with van der Waals surface area (Å²) >= 11 is 0. The van der Waals surface area contributed by atoms with Gasteiger partial charge in [0.2, 0.25) is 0 Å². The Morgan fingerprint density at radius 2 is 1.10 bits per heavy atom. The Hall–Kier alpha value is -2.25. The van der Waals surface area contributed by atoms with Crippen molar-refractivity contribution in [1.82, 2.24) is 0 Å². The molecule has 3 rings (SSSR count). The van der Waals surface area contributed by atoms with Gasteiger partial charge in [-0.1, -0.05) is 72.8 Å². The maximum absolute atomic E-state index is 10.2. The van der Waals surface area contributed by atoms with E-state index in [0.29, 0.717) is 5.75 Å². The van der Waals surface area contributed by atoms with Crippen LogP contribution < -0.4 is 0 Å². The van der Waals surface area contributed by atoms with Gasteiger partial charge in [-0.15, -0.1) is 12.4 Å². The molecule has 0 fully saturated rings. The summed E-state index contributed by atoms with van der Waals surface area (Å²) in [6, 6.07) is 25.7. The fourth-order valence-electron chi connectivity index (χ4n) is 2.31. The van der Waals surface area contributed by atoms with Crippen molar-refractivity contribution >= 4 is 12.4 Å². The molecule has 3 aromatic carbocycles. The molecule has 1 N–H and O–H groups in total. The molecule has 0 spiro atoms. The van der Waals surface area contributed by atoms with Gasteiger partial charge in [0.05, 0.1) is 0 Å². The lowest BCUT2D eigenvalue weighted by Gasteiger charge is -2.12. The van der Waals surface area contributed by atoms with Crippen LogP contribution in [-0.4, -0.2) is 5.11 Å². The smallest absolute Gasteiger partial charge is 0.124 e. The van der Waals surface area contributed by atoms with Gasteiger partial charge in [0.25, 0.3) is 0 Å². The summed E-state index contributed by atoms with van der Waals surface area (Å²) in [4.78, 5) is 0. The van der Waals surface area contributed by atoms with E-state index in [0.717, 1.165) is 22.3 Å². The Kier molecular flexibility index (Phi) is 4.44. The molecule has 0 aliphatic heterocycles. The zero-order chi connectivity index (χ0) is 13.1. The number of rotatable bonds is 2. The Balaban J connectivity index is 0.00000147.